The van der Waals surface area contributed by atoms with Gasteiger partial charge in [-0.15, -0.1) is 0 Å². The Morgan fingerprint density at radius 3 is 2.15 bits per heavy atom. The van der Waals surface area contributed by atoms with E-state index in [1.807, 2.05) is 19.1 Å². The molecule has 0 aromatic carbocycles. The molecule has 2 aromatic rings. The van der Waals surface area contributed by atoms with Gasteiger partial charge in [0.15, 0.2) is 0 Å². The lowest BCUT2D eigenvalue weighted by atomic mass is 10.1. The number of rotatable bonds is 7. The molecule has 0 aliphatic rings. The van der Waals surface area contributed by atoms with E-state index in [1.54, 1.807) is 29.6 Å². The van der Waals surface area contributed by atoms with Gasteiger partial charge in [0, 0.05) is 0 Å². The first-order valence-electron chi connectivity index (χ1n) is 6.79. The Hall–Kier alpha value is -2.01. The summed E-state index contributed by atoms with van der Waals surface area (Å²) in [5.74, 6) is 1.38. The Bertz CT molecular complexity index is 469. The smallest absolute Gasteiger partial charge is 0.240 e. The second-order valence-electron chi connectivity index (χ2n) is 4.75. The number of carbonyl (C=O) groups is 1. The molecular formula is C15H20N2O3. The summed E-state index contributed by atoms with van der Waals surface area (Å²) in [4.78, 5) is 14.1. The van der Waals surface area contributed by atoms with Gasteiger partial charge in [-0.25, -0.2) is 0 Å². The van der Waals surface area contributed by atoms with E-state index in [9.17, 15) is 4.79 Å². The van der Waals surface area contributed by atoms with E-state index < -0.39 is 6.04 Å². The van der Waals surface area contributed by atoms with Crippen molar-refractivity contribution < 1.29 is 13.6 Å². The first-order valence-corrected chi connectivity index (χ1v) is 6.79. The highest BCUT2D eigenvalue weighted by Gasteiger charge is 2.22. The van der Waals surface area contributed by atoms with Crippen LogP contribution in [0.3, 0.4) is 0 Å². The molecule has 0 radical (unpaired) electrons. The van der Waals surface area contributed by atoms with Crippen LogP contribution >= 0.6 is 0 Å². The third-order valence-electron chi connectivity index (χ3n) is 3.08. The van der Waals surface area contributed by atoms with Crippen LogP contribution < -0.4 is 5.73 Å². The fourth-order valence-electron chi connectivity index (χ4n) is 2.06. The van der Waals surface area contributed by atoms with Gasteiger partial charge in [0.25, 0.3) is 0 Å². The molecule has 20 heavy (non-hydrogen) atoms. The molecule has 0 bridgehead atoms. The first kappa shape index (κ1) is 14.4. The molecule has 0 spiro atoms. The van der Waals surface area contributed by atoms with Crippen molar-refractivity contribution in [1.29, 1.82) is 0 Å². The summed E-state index contributed by atoms with van der Waals surface area (Å²) in [6.45, 7) is 2.80. The molecule has 2 heterocycles. The Labute approximate surface area is 118 Å². The van der Waals surface area contributed by atoms with Gasteiger partial charge in [-0.3, -0.25) is 4.79 Å². The third kappa shape index (κ3) is 3.74. The van der Waals surface area contributed by atoms with E-state index >= 15 is 0 Å². The standard InChI is InChI=1S/C15H20N2O3/c1-2-5-14(16)15(18)17(10-12-6-3-8-19-12)11-13-7-4-9-20-13/h3-4,6-9,14H,2,5,10-11,16H2,1H3/t14-/m0/s1. The lowest BCUT2D eigenvalue weighted by Gasteiger charge is -2.24. The summed E-state index contributed by atoms with van der Waals surface area (Å²) in [6.07, 6.45) is 4.74. The zero-order valence-corrected chi connectivity index (χ0v) is 11.6. The number of nitrogens with two attached hydrogens (primary N) is 1. The fourth-order valence-corrected chi connectivity index (χ4v) is 2.06. The zero-order chi connectivity index (χ0) is 14.4. The molecule has 5 nitrogen and oxygen atoms in total. The summed E-state index contributed by atoms with van der Waals surface area (Å²) in [7, 11) is 0. The maximum Gasteiger partial charge on any atom is 0.240 e. The van der Waals surface area contributed by atoms with Crippen molar-refractivity contribution in [3.8, 4) is 0 Å². The van der Waals surface area contributed by atoms with E-state index in [1.165, 1.54) is 0 Å². The largest absolute Gasteiger partial charge is 0.467 e. The molecule has 108 valence electrons. The molecule has 0 saturated heterocycles. The molecule has 0 aliphatic carbocycles. The van der Waals surface area contributed by atoms with Crippen molar-refractivity contribution in [3.05, 3.63) is 48.3 Å². The Morgan fingerprint density at radius 1 is 1.20 bits per heavy atom. The molecule has 1 amide bonds. The van der Waals surface area contributed by atoms with Gasteiger partial charge in [0.05, 0.1) is 31.7 Å². The number of hydrogen-bond donors (Lipinski definition) is 1. The van der Waals surface area contributed by atoms with Crippen LogP contribution in [0.1, 0.15) is 31.3 Å². The van der Waals surface area contributed by atoms with Gasteiger partial charge in [-0.2, -0.15) is 0 Å². The highest BCUT2D eigenvalue weighted by atomic mass is 16.3. The zero-order valence-electron chi connectivity index (χ0n) is 11.6. The van der Waals surface area contributed by atoms with Crippen LogP contribution in [-0.4, -0.2) is 16.8 Å². The Kier molecular flexibility index (Phi) is 5.01. The van der Waals surface area contributed by atoms with Gasteiger partial charge in [-0.1, -0.05) is 13.3 Å². The lowest BCUT2D eigenvalue weighted by molar-refractivity contribution is -0.134. The number of nitrogens with zero attached hydrogens (tertiary/aromatic N) is 1. The van der Waals surface area contributed by atoms with Crippen LogP contribution in [0.4, 0.5) is 0 Å². The summed E-state index contributed by atoms with van der Waals surface area (Å²) in [5.41, 5.74) is 5.93. The predicted octanol–water partition coefficient (Wildman–Crippen LogP) is 2.53. The lowest BCUT2D eigenvalue weighted by Crippen LogP contribution is -2.42. The van der Waals surface area contributed by atoms with Crippen LogP contribution in [0.5, 0.6) is 0 Å². The molecule has 1 atom stereocenters. The molecule has 2 rings (SSSR count). The summed E-state index contributed by atoms with van der Waals surface area (Å²) >= 11 is 0. The Balaban J connectivity index is 2.08. The van der Waals surface area contributed by atoms with Crippen LogP contribution in [0, 0.1) is 0 Å². The monoisotopic (exact) mass is 276 g/mol. The molecule has 0 saturated carbocycles. The average molecular weight is 276 g/mol. The Morgan fingerprint density at radius 2 is 1.75 bits per heavy atom. The summed E-state index contributed by atoms with van der Waals surface area (Å²) < 4.78 is 10.6. The van der Waals surface area contributed by atoms with Crippen LogP contribution in [0.15, 0.2) is 45.6 Å². The van der Waals surface area contributed by atoms with Crippen molar-refractivity contribution in [2.24, 2.45) is 5.73 Å². The molecule has 0 fully saturated rings. The van der Waals surface area contributed by atoms with Gasteiger partial charge >= 0.3 is 0 Å². The maximum absolute atomic E-state index is 12.4. The summed E-state index contributed by atoms with van der Waals surface area (Å²) in [6, 6.07) is 6.81. The second-order valence-corrected chi connectivity index (χ2v) is 4.75. The highest BCUT2D eigenvalue weighted by molar-refractivity contribution is 5.81. The SMILES string of the molecule is CCC[C@H](N)C(=O)N(Cc1ccco1)Cc1ccco1. The number of carbonyl (C=O) groups excluding carboxylic acids is 1. The van der Waals surface area contributed by atoms with E-state index in [2.05, 4.69) is 0 Å². The van der Waals surface area contributed by atoms with Crippen molar-refractivity contribution >= 4 is 5.91 Å². The minimum Gasteiger partial charge on any atom is -0.467 e. The van der Waals surface area contributed by atoms with Gasteiger partial charge in [0.1, 0.15) is 11.5 Å². The molecular weight excluding hydrogens is 256 g/mol. The average Bonchev–Trinajstić information content (AvgIpc) is 3.10. The maximum atomic E-state index is 12.4. The van der Waals surface area contributed by atoms with E-state index in [0.29, 0.717) is 19.5 Å². The fraction of sp³-hybridized carbons (Fsp3) is 0.400. The minimum atomic E-state index is -0.482. The first-order chi connectivity index (χ1) is 9.70. The third-order valence-corrected chi connectivity index (χ3v) is 3.08. The quantitative estimate of drug-likeness (QED) is 0.843. The minimum absolute atomic E-state index is 0.0837. The number of furan rings is 2. The number of hydrogen-bond acceptors (Lipinski definition) is 4. The van der Waals surface area contributed by atoms with E-state index in [-0.39, 0.29) is 5.91 Å². The molecule has 2 aromatic heterocycles. The normalized spacial score (nSPS) is 12.3. The van der Waals surface area contributed by atoms with E-state index in [4.69, 9.17) is 14.6 Å². The van der Waals surface area contributed by atoms with Crippen molar-refractivity contribution in [2.75, 3.05) is 0 Å². The van der Waals surface area contributed by atoms with Crippen molar-refractivity contribution in [2.45, 2.75) is 38.9 Å². The van der Waals surface area contributed by atoms with Crippen LogP contribution in [0.25, 0.3) is 0 Å². The van der Waals surface area contributed by atoms with E-state index in [0.717, 1.165) is 17.9 Å². The van der Waals surface area contributed by atoms with Crippen LogP contribution in [0.2, 0.25) is 0 Å². The molecule has 2 N–H and O–H groups in total. The van der Waals surface area contributed by atoms with Crippen molar-refractivity contribution in [1.82, 2.24) is 4.90 Å². The predicted molar refractivity (Wildman–Crippen MR) is 74.6 cm³/mol. The van der Waals surface area contributed by atoms with Gasteiger partial charge in [0.2, 0.25) is 5.91 Å². The van der Waals surface area contributed by atoms with Gasteiger partial charge < -0.3 is 19.5 Å². The molecule has 0 unspecified atom stereocenters. The molecule has 0 aliphatic heterocycles. The molecule has 5 heteroatoms. The highest BCUT2D eigenvalue weighted by Crippen LogP contribution is 2.13. The second kappa shape index (κ2) is 6.96. The van der Waals surface area contributed by atoms with Crippen LogP contribution in [-0.2, 0) is 17.9 Å². The van der Waals surface area contributed by atoms with Crippen molar-refractivity contribution in [3.63, 3.8) is 0 Å². The summed E-state index contributed by atoms with van der Waals surface area (Å²) in [5, 5.41) is 0. The van der Waals surface area contributed by atoms with Gasteiger partial charge in [-0.05, 0) is 30.7 Å². The number of amides is 1. The topological polar surface area (TPSA) is 72.6 Å².